The Morgan fingerprint density at radius 2 is 1.61 bits per heavy atom. The van der Waals surface area contributed by atoms with Gasteiger partial charge in [-0.25, -0.2) is 0 Å². The number of morpholine rings is 1. The van der Waals surface area contributed by atoms with E-state index in [1.807, 2.05) is 42.5 Å². The van der Waals surface area contributed by atoms with Crippen LogP contribution in [0, 0.1) is 0 Å². The van der Waals surface area contributed by atoms with Gasteiger partial charge in [0.05, 0.1) is 19.8 Å². The molecule has 0 saturated carbocycles. The van der Waals surface area contributed by atoms with Crippen molar-refractivity contribution >= 4 is 11.6 Å². The van der Waals surface area contributed by atoms with E-state index in [0.717, 1.165) is 49.0 Å². The first kappa shape index (κ1) is 16.5. The predicted molar refractivity (Wildman–Crippen MR) is 92.9 cm³/mol. The van der Waals surface area contributed by atoms with Gasteiger partial charge in [-0.2, -0.15) is 0 Å². The van der Waals surface area contributed by atoms with E-state index < -0.39 is 0 Å². The smallest absolute Gasteiger partial charge is 0.108 e. The van der Waals surface area contributed by atoms with Gasteiger partial charge in [0.25, 0.3) is 0 Å². The van der Waals surface area contributed by atoms with E-state index in [-0.39, 0.29) is 6.10 Å². The van der Waals surface area contributed by atoms with Gasteiger partial charge in [-0.1, -0.05) is 54.1 Å². The van der Waals surface area contributed by atoms with Crippen molar-refractivity contribution < 1.29 is 9.47 Å². The Labute approximate surface area is 142 Å². The van der Waals surface area contributed by atoms with Gasteiger partial charge in [0.15, 0.2) is 0 Å². The molecule has 0 aromatic heterocycles. The molecule has 122 valence electrons. The van der Waals surface area contributed by atoms with Gasteiger partial charge in [-0.15, -0.1) is 0 Å². The molecule has 2 aromatic rings. The molecule has 0 unspecified atom stereocenters. The van der Waals surface area contributed by atoms with Gasteiger partial charge in [0, 0.05) is 24.7 Å². The van der Waals surface area contributed by atoms with Crippen LogP contribution in [0.25, 0.3) is 0 Å². The van der Waals surface area contributed by atoms with Crippen molar-refractivity contribution in [3.63, 3.8) is 0 Å². The van der Waals surface area contributed by atoms with E-state index in [0.29, 0.717) is 6.61 Å². The summed E-state index contributed by atoms with van der Waals surface area (Å²) in [5.41, 5.74) is 2.29. The molecule has 0 spiro atoms. The highest BCUT2D eigenvalue weighted by atomic mass is 35.5. The maximum absolute atomic E-state index is 6.23. The summed E-state index contributed by atoms with van der Waals surface area (Å²) in [6, 6.07) is 18.2. The third-order valence-electron chi connectivity index (χ3n) is 4.07. The molecule has 0 N–H and O–H groups in total. The first-order valence-electron chi connectivity index (χ1n) is 8.05. The minimum atomic E-state index is -0.0606. The molecule has 3 rings (SSSR count). The molecule has 1 aliphatic heterocycles. The molecule has 2 aromatic carbocycles. The quantitative estimate of drug-likeness (QED) is 0.804. The van der Waals surface area contributed by atoms with Crippen LogP contribution in [0.5, 0.6) is 0 Å². The van der Waals surface area contributed by atoms with Crippen molar-refractivity contribution in [2.75, 3.05) is 39.5 Å². The molecule has 1 aliphatic rings. The van der Waals surface area contributed by atoms with Crippen LogP contribution in [0.3, 0.4) is 0 Å². The number of rotatable bonds is 6. The normalized spacial score (nSPS) is 17.1. The lowest BCUT2D eigenvalue weighted by Crippen LogP contribution is -2.38. The molecule has 0 bridgehead atoms. The summed E-state index contributed by atoms with van der Waals surface area (Å²) in [5.74, 6) is 0. The molecular formula is C19H22ClNO2. The van der Waals surface area contributed by atoms with Crippen molar-refractivity contribution in [2.45, 2.75) is 6.10 Å². The number of benzene rings is 2. The minimum Gasteiger partial charge on any atom is -0.379 e. The van der Waals surface area contributed by atoms with Crippen LogP contribution in [-0.2, 0) is 9.47 Å². The second-order valence-electron chi connectivity index (χ2n) is 5.67. The van der Waals surface area contributed by atoms with Crippen molar-refractivity contribution in [3.05, 3.63) is 70.7 Å². The van der Waals surface area contributed by atoms with Gasteiger partial charge >= 0.3 is 0 Å². The van der Waals surface area contributed by atoms with Crippen molar-refractivity contribution in [1.82, 2.24) is 4.90 Å². The third kappa shape index (κ3) is 4.79. The first-order chi connectivity index (χ1) is 11.3. The van der Waals surface area contributed by atoms with Crippen LogP contribution in [0.1, 0.15) is 17.2 Å². The lowest BCUT2D eigenvalue weighted by Gasteiger charge is -2.27. The Kier molecular flexibility index (Phi) is 6.06. The molecular weight excluding hydrogens is 310 g/mol. The Morgan fingerprint density at radius 1 is 0.957 bits per heavy atom. The summed E-state index contributed by atoms with van der Waals surface area (Å²) in [4.78, 5) is 2.38. The maximum atomic E-state index is 6.23. The zero-order chi connectivity index (χ0) is 15.9. The van der Waals surface area contributed by atoms with Crippen LogP contribution in [0.2, 0.25) is 5.02 Å². The number of hydrogen-bond acceptors (Lipinski definition) is 3. The topological polar surface area (TPSA) is 21.7 Å². The predicted octanol–water partition coefficient (Wildman–Crippen LogP) is 3.78. The molecule has 23 heavy (non-hydrogen) atoms. The summed E-state index contributed by atoms with van der Waals surface area (Å²) < 4.78 is 11.6. The molecule has 0 amide bonds. The van der Waals surface area contributed by atoms with Gasteiger partial charge in [-0.05, 0) is 23.3 Å². The lowest BCUT2D eigenvalue weighted by molar-refractivity contribution is 0.00968. The highest BCUT2D eigenvalue weighted by molar-refractivity contribution is 6.30. The van der Waals surface area contributed by atoms with Gasteiger partial charge < -0.3 is 9.47 Å². The van der Waals surface area contributed by atoms with E-state index >= 15 is 0 Å². The Bertz CT molecular complexity index is 582. The second-order valence-corrected chi connectivity index (χ2v) is 6.10. The SMILES string of the molecule is Clc1ccc([C@H](OCCN2CCOCC2)c2ccccc2)cc1. The summed E-state index contributed by atoms with van der Waals surface area (Å²) in [6.45, 7) is 5.24. The molecule has 0 aliphatic carbocycles. The highest BCUT2D eigenvalue weighted by Gasteiger charge is 2.16. The lowest BCUT2D eigenvalue weighted by atomic mass is 10.0. The maximum Gasteiger partial charge on any atom is 0.108 e. The fourth-order valence-corrected chi connectivity index (χ4v) is 2.90. The fourth-order valence-electron chi connectivity index (χ4n) is 2.77. The fraction of sp³-hybridized carbons (Fsp3) is 0.368. The van der Waals surface area contributed by atoms with Crippen LogP contribution >= 0.6 is 11.6 Å². The number of hydrogen-bond donors (Lipinski definition) is 0. The molecule has 1 fully saturated rings. The average molecular weight is 332 g/mol. The van der Waals surface area contributed by atoms with Crippen LogP contribution in [-0.4, -0.2) is 44.4 Å². The number of ether oxygens (including phenoxy) is 2. The number of halogens is 1. The largest absolute Gasteiger partial charge is 0.379 e. The average Bonchev–Trinajstić information content (AvgIpc) is 2.61. The summed E-state index contributed by atoms with van der Waals surface area (Å²) in [5, 5.41) is 0.744. The Balaban J connectivity index is 1.66. The molecule has 1 heterocycles. The van der Waals surface area contributed by atoms with Crippen molar-refractivity contribution in [1.29, 1.82) is 0 Å². The summed E-state index contributed by atoms with van der Waals surface area (Å²) in [6.07, 6.45) is -0.0606. The summed E-state index contributed by atoms with van der Waals surface area (Å²) in [7, 11) is 0. The van der Waals surface area contributed by atoms with Gasteiger partial charge in [0.2, 0.25) is 0 Å². The van der Waals surface area contributed by atoms with Crippen LogP contribution in [0.15, 0.2) is 54.6 Å². The summed E-state index contributed by atoms with van der Waals surface area (Å²) >= 11 is 6.01. The van der Waals surface area contributed by atoms with E-state index in [1.165, 1.54) is 0 Å². The standard InChI is InChI=1S/C19H22ClNO2/c20-18-8-6-17(7-9-18)19(16-4-2-1-3-5-16)23-15-12-21-10-13-22-14-11-21/h1-9,19H,10-15H2/t19-/m1/s1. The molecule has 4 heteroatoms. The van der Waals surface area contributed by atoms with E-state index in [4.69, 9.17) is 21.1 Å². The second kappa shape index (κ2) is 8.46. The van der Waals surface area contributed by atoms with Gasteiger partial charge in [0.1, 0.15) is 6.10 Å². The van der Waals surface area contributed by atoms with Crippen LogP contribution < -0.4 is 0 Å². The molecule has 1 saturated heterocycles. The zero-order valence-corrected chi connectivity index (χ0v) is 13.9. The van der Waals surface area contributed by atoms with Crippen molar-refractivity contribution in [2.24, 2.45) is 0 Å². The monoisotopic (exact) mass is 331 g/mol. The molecule has 0 radical (unpaired) electrons. The third-order valence-corrected chi connectivity index (χ3v) is 4.32. The van der Waals surface area contributed by atoms with Crippen LogP contribution in [0.4, 0.5) is 0 Å². The minimum absolute atomic E-state index is 0.0606. The van der Waals surface area contributed by atoms with Crippen molar-refractivity contribution in [3.8, 4) is 0 Å². The highest BCUT2D eigenvalue weighted by Crippen LogP contribution is 2.27. The van der Waals surface area contributed by atoms with E-state index in [1.54, 1.807) is 0 Å². The van der Waals surface area contributed by atoms with E-state index in [2.05, 4.69) is 17.0 Å². The number of nitrogens with zero attached hydrogens (tertiary/aromatic N) is 1. The van der Waals surface area contributed by atoms with E-state index in [9.17, 15) is 0 Å². The first-order valence-corrected chi connectivity index (χ1v) is 8.43. The molecule has 3 nitrogen and oxygen atoms in total. The Morgan fingerprint density at radius 3 is 2.30 bits per heavy atom. The molecule has 1 atom stereocenters. The zero-order valence-electron chi connectivity index (χ0n) is 13.2. The Hall–Kier alpha value is -1.39. The van der Waals surface area contributed by atoms with Gasteiger partial charge in [-0.3, -0.25) is 4.90 Å².